The lowest BCUT2D eigenvalue weighted by Crippen LogP contribution is -2.51. The van der Waals surface area contributed by atoms with Gasteiger partial charge >= 0.3 is 0 Å². The highest BCUT2D eigenvalue weighted by atomic mass is 16.3. The van der Waals surface area contributed by atoms with Crippen molar-refractivity contribution in [1.29, 1.82) is 0 Å². The second-order valence-electron chi connectivity index (χ2n) is 7.72. The Labute approximate surface area is 149 Å². The van der Waals surface area contributed by atoms with Gasteiger partial charge in [0.05, 0.1) is 16.9 Å². The minimum absolute atomic E-state index is 0.0372. The number of aryl methyl sites for hydroxylation is 1. The van der Waals surface area contributed by atoms with E-state index in [2.05, 4.69) is 26.8 Å². The molecular weight excluding hydrogens is 318 g/mol. The number of likely N-dealkylation sites (N-methyl/N-ethyl adjacent to an activating group) is 1. The molecule has 0 radical (unpaired) electrons. The number of likely N-dealkylation sites (tertiary alicyclic amines) is 1. The van der Waals surface area contributed by atoms with E-state index in [0.717, 1.165) is 31.9 Å². The number of piperidine rings is 1. The zero-order chi connectivity index (χ0) is 18.2. The van der Waals surface area contributed by atoms with E-state index in [9.17, 15) is 9.90 Å². The molecule has 0 unspecified atom stereocenters. The van der Waals surface area contributed by atoms with Crippen molar-refractivity contribution in [3.8, 4) is 0 Å². The fourth-order valence-electron chi connectivity index (χ4n) is 3.40. The summed E-state index contributed by atoms with van der Waals surface area (Å²) >= 11 is 0. The average Bonchev–Trinajstić information content (AvgIpc) is 2.57. The Hall–Kier alpha value is -1.73. The predicted molar refractivity (Wildman–Crippen MR) is 96.8 cm³/mol. The van der Waals surface area contributed by atoms with Crippen molar-refractivity contribution in [3.63, 3.8) is 0 Å². The fraction of sp³-hybridized carbons (Fsp3) is 0.722. The van der Waals surface area contributed by atoms with Gasteiger partial charge in [0.15, 0.2) is 0 Å². The molecule has 0 aliphatic carbocycles. The summed E-state index contributed by atoms with van der Waals surface area (Å²) in [5, 5.41) is 10.3. The molecule has 138 valence electrons. The van der Waals surface area contributed by atoms with Crippen LogP contribution in [0.5, 0.6) is 0 Å². The number of carbonyl (C=O) groups excluding carboxylic acids is 1. The average molecular weight is 347 g/mol. The number of nitrogens with zero attached hydrogens (tertiary/aromatic N) is 5. The number of rotatable bonds is 2. The first-order valence-electron chi connectivity index (χ1n) is 9.07. The number of aromatic nitrogens is 2. The molecule has 0 spiro atoms. The van der Waals surface area contributed by atoms with Gasteiger partial charge in [-0.25, -0.2) is 9.97 Å². The van der Waals surface area contributed by atoms with Crippen LogP contribution in [-0.4, -0.2) is 82.7 Å². The number of amides is 1. The van der Waals surface area contributed by atoms with Crippen LogP contribution in [-0.2, 0) is 0 Å². The SMILES string of the molecule is Cc1nc(N2CCN(C)CC2)ncc1C(=O)N1CC[C@](C)(O)[C@H](C)C1. The van der Waals surface area contributed by atoms with Gasteiger partial charge in [-0.1, -0.05) is 6.92 Å². The van der Waals surface area contributed by atoms with Crippen LogP contribution in [0, 0.1) is 12.8 Å². The molecule has 3 rings (SSSR count). The molecule has 2 saturated heterocycles. The zero-order valence-corrected chi connectivity index (χ0v) is 15.7. The van der Waals surface area contributed by atoms with Gasteiger partial charge in [0, 0.05) is 51.4 Å². The number of piperazine rings is 1. The summed E-state index contributed by atoms with van der Waals surface area (Å²) in [5.74, 6) is 0.720. The Morgan fingerprint density at radius 3 is 2.56 bits per heavy atom. The molecule has 0 saturated carbocycles. The van der Waals surface area contributed by atoms with E-state index in [1.165, 1.54) is 0 Å². The molecule has 25 heavy (non-hydrogen) atoms. The van der Waals surface area contributed by atoms with E-state index in [0.29, 0.717) is 31.0 Å². The van der Waals surface area contributed by atoms with Gasteiger partial charge in [0.1, 0.15) is 0 Å². The summed E-state index contributed by atoms with van der Waals surface area (Å²) in [6.45, 7) is 10.6. The molecule has 2 aliphatic heterocycles. The topological polar surface area (TPSA) is 72.8 Å². The summed E-state index contributed by atoms with van der Waals surface area (Å²) in [6, 6.07) is 0. The monoisotopic (exact) mass is 347 g/mol. The lowest BCUT2D eigenvalue weighted by molar-refractivity contribution is -0.0439. The van der Waals surface area contributed by atoms with E-state index in [1.807, 2.05) is 25.7 Å². The maximum atomic E-state index is 12.9. The smallest absolute Gasteiger partial charge is 0.257 e. The van der Waals surface area contributed by atoms with Crippen molar-refractivity contribution >= 4 is 11.9 Å². The standard InChI is InChI=1S/C18H29N5O2/c1-13-12-23(6-5-18(13,3)25)16(24)15-11-19-17(20-14(15)2)22-9-7-21(4)8-10-22/h11,13,25H,5-10,12H2,1-4H3/t13-,18+/m1/s1. The first-order valence-corrected chi connectivity index (χ1v) is 9.07. The van der Waals surface area contributed by atoms with Crippen LogP contribution in [0.25, 0.3) is 0 Å². The number of anilines is 1. The van der Waals surface area contributed by atoms with Crippen LogP contribution in [0.3, 0.4) is 0 Å². The molecule has 3 heterocycles. The summed E-state index contributed by atoms with van der Waals surface area (Å²) in [4.78, 5) is 28.2. The lowest BCUT2D eigenvalue weighted by Gasteiger charge is -2.41. The zero-order valence-electron chi connectivity index (χ0n) is 15.7. The highest BCUT2D eigenvalue weighted by molar-refractivity contribution is 5.95. The minimum atomic E-state index is -0.701. The van der Waals surface area contributed by atoms with Gasteiger partial charge in [-0.05, 0) is 27.3 Å². The van der Waals surface area contributed by atoms with Crippen LogP contribution in [0.15, 0.2) is 6.20 Å². The third kappa shape index (κ3) is 3.77. The van der Waals surface area contributed by atoms with Crippen molar-refractivity contribution in [3.05, 3.63) is 17.5 Å². The van der Waals surface area contributed by atoms with Gasteiger partial charge in [-0.15, -0.1) is 0 Å². The molecule has 1 amide bonds. The number of hydrogen-bond donors (Lipinski definition) is 1. The summed E-state index contributed by atoms with van der Waals surface area (Å²) < 4.78 is 0. The molecule has 0 aromatic carbocycles. The Morgan fingerprint density at radius 1 is 1.28 bits per heavy atom. The quantitative estimate of drug-likeness (QED) is 0.852. The summed E-state index contributed by atoms with van der Waals surface area (Å²) in [5.41, 5.74) is 0.582. The van der Waals surface area contributed by atoms with Crippen LogP contribution >= 0.6 is 0 Å². The molecular formula is C18H29N5O2. The molecule has 2 fully saturated rings. The van der Waals surface area contributed by atoms with Crippen molar-refractivity contribution in [2.45, 2.75) is 32.8 Å². The molecule has 7 heteroatoms. The third-order valence-electron chi connectivity index (χ3n) is 5.71. The van der Waals surface area contributed by atoms with Crippen molar-refractivity contribution in [2.24, 2.45) is 5.92 Å². The Kier molecular flexibility index (Phi) is 4.97. The van der Waals surface area contributed by atoms with Crippen LogP contribution in [0.1, 0.15) is 36.3 Å². The van der Waals surface area contributed by atoms with Crippen molar-refractivity contribution < 1.29 is 9.90 Å². The van der Waals surface area contributed by atoms with Crippen LogP contribution in [0.2, 0.25) is 0 Å². The van der Waals surface area contributed by atoms with Gasteiger partial charge in [-0.3, -0.25) is 4.79 Å². The minimum Gasteiger partial charge on any atom is -0.390 e. The fourth-order valence-corrected chi connectivity index (χ4v) is 3.40. The Morgan fingerprint density at radius 2 is 1.96 bits per heavy atom. The van der Waals surface area contributed by atoms with Crippen LogP contribution in [0.4, 0.5) is 5.95 Å². The maximum Gasteiger partial charge on any atom is 0.257 e. The van der Waals surface area contributed by atoms with Gasteiger partial charge in [-0.2, -0.15) is 0 Å². The van der Waals surface area contributed by atoms with Crippen molar-refractivity contribution in [2.75, 3.05) is 51.2 Å². The second-order valence-corrected chi connectivity index (χ2v) is 7.72. The molecule has 1 N–H and O–H groups in total. The largest absolute Gasteiger partial charge is 0.390 e. The Bertz CT molecular complexity index is 640. The number of carbonyl (C=O) groups is 1. The molecule has 2 atom stereocenters. The van der Waals surface area contributed by atoms with E-state index in [4.69, 9.17) is 0 Å². The molecule has 0 bridgehead atoms. The Balaban J connectivity index is 1.71. The van der Waals surface area contributed by atoms with E-state index in [1.54, 1.807) is 6.20 Å². The number of aliphatic hydroxyl groups is 1. The predicted octanol–water partition coefficient (Wildman–Crippen LogP) is 0.770. The highest BCUT2D eigenvalue weighted by Gasteiger charge is 2.36. The van der Waals surface area contributed by atoms with Crippen LogP contribution < -0.4 is 4.90 Å². The molecule has 1 aromatic heterocycles. The molecule has 1 aromatic rings. The van der Waals surface area contributed by atoms with E-state index in [-0.39, 0.29) is 11.8 Å². The highest BCUT2D eigenvalue weighted by Crippen LogP contribution is 2.28. The normalized spacial score (nSPS) is 28.3. The third-order valence-corrected chi connectivity index (χ3v) is 5.71. The maximum absolute atomic E-state index is 12.9. The van der Waals surface area contributed by atoms with E-state index < -0.39 is 5.60 Å². The van der Waals surface area contributed by atoms with Gasteiger partial charge < -0.3 is 19.8 Å². The lowest BCUT2D eigenvalue weighted by atomic mass is 9.84. The van der Waals surface area contributed by atoms with Crippen molar-refractivity contribution in [1.82, 2.24) is 19.8 Å². The number of hydrogen-bond acceptors (Lipinski definition) is 6. The van der Waals surface area contributed by atoms with Gasteiger partial charge in [0.2, 0.25) is 5.95 Å². The first kappa shape index (κ1) is 18.1. The molecule has 7 nitrogen and oxygen atoms in total. The summed E-state index contributed by atoms with van der Waals surface area (Å²) in [7, 11) is 2.11. The molecule has 2 aliphatic rings. The van der Waals surface area contributed by atoms with Gasteiger partial charge in [0.25, 0.3) is 5.91 Å². The second kappa shape index (κ2) is 6.88. The van der Waals surface area contributed by atoms with E-state index >= 15 is 0 Å². The first-order chi connectivity index (χ1) is 11.8. The summed E-state index contributed by atoms with van der Waals surface area (Å²) in [6.07, 6.45) is 2.26.